The number of hydrogen-bond donors (Lipinski definition) is 1. The molecule has 1 aromatic heterocycles. The first-order chi connectivity index (χ1) is 10.5. The summed E-state index contributed by atoms with van der Waals surface area (Å²) in [6, 6.07) is 9.55. The average Bonchev–Trinajstić information content (AvgIpc) is 2.49. The number of nitrogens with zero attached hydrogens (tertiary/aromatic N) is 2. The average molecular weight is 299 g/mol. The van der Waals surface area contributed by atoms with E-state index in [4.69, 9.17) is 0 Å². The highest BCUT2D eigenvalue weighted by molar-refractivity contribution is 5.82. The second kappa shape index (κ2) is 5.93. The molecule has 22 heavy (non-hydrogen) atoms. The number of aromatic nitrogens is 1. The lowest BCUT2D eigenvalue weighted by atomic mass is 10.1. The van der Waals surface area contributed by atoms with E-state index in [-0.39, 0.29) is 17.9 Å². The highest BCUT2D eigenvalue weighted by atomic mass is 16.2. The van der Waals surface area contributed by atoms with Crippen molar-refractivity contribution in [3.8, 4) is 0 Å². The maximum atomic E-state index is 12.6. The minimum atomic E-state index is -0.0104. The zero-order chi connectivity index (χ0) is 15.7. The molecule has 1 fully saturated rings. The Hall–Kier alpha value is -2.14. The second-order valence-corrected chi connectivity index (χ2v) is 6.09. The van der Waals surface area contributed by atoms with Gasteiger partial charge >= 0.3 is 0 Å². The first-order valence-corrected chi connectivity index (χ1v) is 7.66. The van der Waals surface area contributed by atoms with Crippen LogP contribution in [0.5, 0.6) is 0 Å². The van der Waals surface area contributed by atoms with Gasteiger partial charge in [0.1, 0.15) is 6.54 Å². The first-order valence-electron chi connectivity index (χ1n) is 7.66. The molecule has 1 aliphatic heterocycles. The van der Waals surface area contributed by atoms with Crippen molar-refractivity contribution in [3.63, 3.8) is 0 Å². The van der Waals surface area contributed by atoms with E-state index in [9.17, 15) is 9.59 Å². The molecule has 2 atom stereocenters. The summed E-state index contributed by atoms with van der Waals surface area (Å²) >= 11 is 0. The van der Waals surface area contributed by atoms with Crippen LogP contribution in [0, 0.1) is 0 Å². The fourth-order valence-electron chi connectivity index (χ4n) is 3.17. The molecule has 5 heteroatoms. The molecule has 1 amide bonds. The Morgan fingerprint density at radius 2 is 1.86 bits per heavy atom. The maximum Gasteiger partial charge on any atom is 0.242 e. The number of para-hydroxylation sites is 1. The van der Waals surface area contributed by atoms with Crippen molar-refractivity contribution < 1.29 is 4.79 Å². The summed E-state index contributed by atoms with van der Waals surface area (Å²) in [5.41, 5.74) is 0.795. The van der Waals surface area contributed by atoms with Gasteiger partial charge in [0, 0.05) is 42.8 Å². The number of piperazine rings is 1. The highest BCUT2D eigenvalue weighted by Crippen LogP contribution is 2.11. The fourth-order valence-corrected chi connectivity index (χ4v) is 3.17. The zero-order valence-electron chi connectivity index (χ0n) is 13.0. The van der Waals surface area contributed by atoms with Crippen molar-refractivity contribution in [3.05, 3.63) is 46.8 Å². The lowest BCUT2D eigenvalue weighted by molar-refractivity contribution is -0.133. The molecule has 0 aliphatic carbocycles. The van der Waals surface area contributed by atoms with E-state index >= 15 is 0 Å². The number of fused-ring (bicyclic) bond motifs is 1. The third-order valence-corrected chi connectivity index (χ3v) is 4.10. The van der Waals surface area contributed by atoms with Crippen LogP contribution in [0.1, 0.15) is 13.8 Å². The number of nitrogens with one attached hydrogen (secondary N) is 1. The van der Waals surface area contributed by atoms with E-state index in [0.717, 1.165) is 18.6 Å². The van der Waals surface area contributed by atoms with Crippen molar-refractivity contribution in [1.82, 2.24) is 14.8 Å². The number of pyridine rings is 1. The molecular weight excluding hydrogens is 278 g/mol. The largest absolute Gasteiger partial charge is 0.338 e. The van der Waals surface area contributed by atoms with Crippen LogP contribution in [0.15, 0.2) is 41.3 Å². The third-order valence-electron chi connectivity index (χ3n) is 4.10. The van der Waals surface area contributed by atoms with Crippen molar-refractivity contribution in [2.45, 2.75) is 32.5 Å². The quantitative estimate of drug-likeness (QED) is 0.907. The Balaban J connectivity index is 1.86. The smallest absolute Gasteiger partial charge is 0.242 e. The summed E-state index contributed by atoms with van der Waals surface area (Å²) in [4.78, 5) is 26.4. The van der Waals surface area contributed by atoms with E-state index in [1.165, 1.54) is 6.07 Å². The lowest BCUT2D eigenvalue weighted by Crippen LogP contribution is -2.56. The molecule has 2 aromatic rings. The lowest BCUT2D eigenvalue weighted by Gasteiger charge is -2.36. The molecule has 3 rings (SSSR count). The molecule has 1 N–H and O–H groups in total. The molecule has 0 spiro atoms. The number of rotatable bonds is 2. The van der Waals surface area contributed by atoms with Crippen molar-refractivity contribution in [1.29, 1.82) is 0 Å². The van der Waals surface area contributed by atoms with Crippen LogP contribution >= 0.6 is 0 Å². The third kappa shape index (κ3) is 2.90. The van der Waals surface area contributed by atoms with Gasteiger partial charge in [-0.15, -0.1) is 0 Å². The number of amides is 1. The minimum absolute atomic E-state index is 0.0104. The normalized spacial score (nSPS) is 22.0. The van der Waals surface area contributed by atoms with Crippen LogP contribution in [0.3, 0.4) is 0 Å². The van der Waals surface area contributed by atoms with Crippen LogP contribution in [0.2, 0.25) is 0 Å². The van der Waals surface area contributed by atoms with E-state index in [1.54, 1.807) is 12.3 Å². The summed E-state index contributed by atoms with van der Waals surface area (Å²) < 4.78 is 1.86. The van der Waals surface area contributed by atoms with Gasteiger partial charge in [-0.1, -0.05) is 12.1 Å². The second-order valence-electron chi connectivity index (χ2n) is 6.09. The van der Waals surface area contributed by atoms with E-state index in [0.29, 0.717) is 17.5 Å². The van der Waals surface area contributed by atoms with E-state index in [1.807, 2.05) is 27.7 Å². The predicted molar refractivity (Wildman–Crippen MR) is 86.8 cm³/mol. The highest BCUT2D eigenvalue weighted by Gasteiger charge is 2.24. The predicted octanol–water partition coefficient (Wildman–Crippen LogP) is 1.21. The zero-order valence-corrected chi connectivity index (χ0v) is 13.0. The summed E-state index contributed by atoms with van der Waals surface area (Å²) in [5, 5.41) is 4.08. The van der Waals surface area contributed by atoms with Gasteiger partial charge in [-0.3, -0.25) is 9.59 Å². The minimum Gasteiger partial charge on any atom is -0.338 e. The molecule has 2 unspecified atom stereocenters. The Morgan fingerprint density at radius 3 is 2.59 bits per heavy atom. The number of carbonyl (C=O) groups excluding carboxylic acids is 1. The molecule has 1 saturated heterocycles. The standard InChI is InChI=1S/C17H21N3O2/c1-12-9-20(10-13(2)18-12)17(22)11-19-8-7-16(21)14-5-3-4-6-15(14)19/h3-8,12-13,18H,9-11H2,1-2H3. The van der Waals surface area contributed by atoms with E-state index in [2.05, 4.69) is 19.2 Å². The fraction of sp³-hybridized carbons (Fsp3) is 0.412. The molecule has 0 radical (unpaired) electrons. The van der Waals surface area contributed by atoms with Crippen LogP contribution in [-0.2, 0) is 11.3 Å². The van der Waals surface area contributed by atoms with Crippen molar-refractivity contribution in [2.24, 2.45) is 0 Å². The van der Waals surface area contributed by atoms with E-state index < -0.39 is 0 Å². The van der Waals surface area contributed by atoms with Gasteiger partial charge in [0.2, 0.25) is 5.91 Å². The number of hydrogen-bond acceptors (Lipinski definition) is 3. The van der Waals surface area contributed by atoms with Crippen LogP contribution < -0.4 is 10.7 Å². The van der Waals surface area contributed by atoms with Crippen LogP contribution in [0.4, 0.5) is 0 Å². The van der Waals surface area contributed by atoms with Gasteiger partial charge in [0.15, 0.2) is 5.43 Å². The molecule has 0 bridgehead atoms. The topological polar surface area (TPSA) is 54.3 Å². The number of benzene rings is 1. The van der Waals surface area contributed by atoms with Crippen LogP contribution in [0.25, 0.3) is 10.9 Å². The van der Waals surface area contributed by atoms with Gasteiger partial charge in [-0.05, 0) is 26.0 Å². The Morgan fingerprint density at radius 1 is 1.18 bits per heavy atom. The molecular formula is C17H21N3O2. The summed E-state index contributed by atoms with van der Waals surface area (Å²) in [6.07, 6.45) is 1.71. The molecule has 1 aliphatic rings. The van der Waals surface area contributed by atoms with Gasteiger partial charge in [0.05, 0.1) is 5.52 Å². The van der Waals surface area contributed by atoms with Gasteiger partial charge < -0.3 is 14.8 Å². The molecule has 116 valence electrons. The van der Waals surface area contributed by atoms with Crippen molar-refractivity contribution >= 4 is 16.8 Å². The summed E-state index contributed by atoms with van der Waals surface area (Å²) in [5.74, 6) is 0.0917. The van der Waals surface area contributed by atoms with Gasteiger partial charge in [0.25, 0.3) is 0 Å². The molecule has 1 aromatic carbocycles. The molecule has 2 heterocycles. The van der Waals surface area contributed by atoms with Gasteiger partial charge in [-0.25, -0.2) is 0 Å². The summed E-state index contributed by atoms with van der Waals surface area (Å²) in [6.45, 7) is 5.89. The van der Waals surface area contributed by atoms with Crippen LogP contribution in [-0.4, -0.2) is 40.5 Å². The Labute approximate surface area is 129 Å². The Kier molecular flexibility index (Phi) is 3.98. The monoisotopic (exact) mass is 299 g/mol. The SMILES string of the molecule is CC1CN(C(=O)Cn2ccc(=O)c3ccccc32)CC(C)N1. The maximum absolute atomic E-state index is 12.6. The van der Waals surface area contributed by atoms with Gasteiger partial charge in [-0.2, -0.15) is 0 Å². The molecule has 0 saturated carbocycles. The summed E-state index contributed by atoms with van der Waals surface area (Å²) in [7, 11) is 0. The molecule has 5 nitrogen and oxygen atoms in total. The van der Waals surface area contributed by atoms with Crippen molar-refractivity contribution in [2.75, 3.05) is 13.1 Å². The Bertz CT molecular complexity index is 743. The first kappa shape index (κ1) is 14.8. The number of carbonyl (C=O) groups is 1.